The molecule has 0 spiro atoms. The van der Waals surface area contributed by atoms with Crippen LogP contribution in [0.2, 0.25) is 0 Å². The van der Waals surface area contributed by atoms with Crippen LogP contribution in [0.25, 0.3) is 0 Å². The van der Waals surface area contributed by atoms with Crippen molar-refractivity contribution >= 4 is 17.5 Å². The van der Waals surface area contributed by atoms with Gasteiger partial charge in [0.05, 0.1) is 6.61 Å². The SMILES string of the molecule is COCC(N)C(=O)N1CCC(C(=O)Nc2ccc(F)cc2)CC1. The number of ether oxygens (including phenoxy) is 1. The van der Waals surface area contributed by atoms with Crippen molar-refractivity contribution in [2.45, 2.75) is 18.9 Å². The van der Waals surface area contributed by atoms with Crippen LogP contribution in [-0.4, -0.2) is 49.6 Å². The molecular formula is C16H22FN3O3. The molecule has 0 aromatic heterocycles. The lowest BCUT2D eigenvalue weighted by Gasteiger charge is -2.32. The fraction of sp³-hybridized carbons (Fsp3) is 0.500. The van der Waals surface area contributed by atoms with Crippen LogP contribution in [-0.2, 0) is 14.3 Å². The summed E-state index contributed by atoms with van der Waals surface area (Å²) in [5.41, 5.74) is 6.31. The lowest BCUT2D eigenvalue weighted by molar-refractivity contribution is -0.136. The molecule has 0 aliphatic carbocycles. The van der Waals surface area contributed by atoms with E-state index in [0.717, 1.165) is 0 Å². The van der Waals surface area contributed by atoms with Crippen molar-refractivity contribution in [3.8, 4) is 0 Å². The predicted octanol–water partition coefficient (Wildman–Crippen LogP) is 0.977. The Hall–Kier alpha value is -1.99. The van der Waals surface area contributed by atoms with Gasteiger partial charge in [-0.3, -0.25) is 9.59 Å². The molecular weight excluding hydrogens is 301 g/mol. The number of piperidine rings is 1. The molecule has 1 aromatic carbocycles. The van der Waals surface area contributed by atoms with E-state index in [1.807, 2.05) is 0 Å². The fourth-order valence-electron chi connectivity index (χ4n) is 2.62. The molecule has 7 heteroatoms. The highest BCUT2D eigenvalue weighted by atomic mass is 19.1. The number of rotatable bonds is 5. The highest BCUT2D eigenvalue weighted by Gasteiger charge is 2.29. The quantitative estimate of drug-likeness (QED) is 0.846. The van der Waals surface area contributed by atoms with E-state index in [9.17, 15) is 14.0 Å². The van der Waals surface area contributed by atoms with Crippen molar-refractivity contribution in [2.24, 2.45) is 11.7 Å². The Morgan fingerprint density at radius 3 is 2.52 bits per heavy atom. The van der Waals surface area contributed by atoms with E-state index < -0.39 is 6.04 Å². The van der Waals surface area contributed by atoms with Crippen LogP contribution >= 0.6 is 0 Å². The molecule has 2 amide bonds. The zero-order valence-electron chi connectivity index (χ0n) is 13.1. The van der Waals surface area contributed by atoms with Crippen LogP contribution in [0.3, 0.4) is 0 Å². The van der Waals surface area contributed by atoms with Gasteiger partial charge in [-0.2, -0.15) is 0 Å². The van der Waals surface area contributed by atoms with Gasteiger partial charge in [-0.15, -0.1) is 0 Å². The Morgan fingerprint density at radius 2 is 1.96 bits per heavy atom. The van der Waals surface area contributed by atoms with Gasteiger partial charge < -0.3 is 20.7 Å². The van der Waals surface area contributed by atoms with Gasteiger partial charge in [0.2, 0.25) is 11.8 Å². The number of anilines is 1. The van der Waals surface area contributed by atoms with Crippen molar-refractivity contribution < 1.29 is 18.7 Å². The van der Waals surface area contributed by atoms with Crippen molar-refractivity contribution in [2.75, 3.05) is 32.1 Å². The number of methoxy groups -OCH3 is 1. The van der Waals surface area contributed by atoms with Crippen molar-refractivity contribution in [3.63, 3.8) is 0 Å². The molecule has 6 nitrogen and oxygen atoms in total. The first-order valence-corrected chi connectivity index (χ1v) is 7.61. The number of benzene rings is 1. The summed E-state index contributed by atoms with van der Waals surface area (Å²) < 4.78 is 17.7. The summed E-state index contributed by atoms with van der Waals surface area (Å²) in [6.45, 7) is 1.18. The number of halogens is 1. The van der Waals surface area contributed by atoms with Crippen molar-refractivity contribution in [3.05, 3.63) is 30.1 Å². The van der Waals surface area contributed by atoms with E-state index in [0.29, 0.717) is 31.6 Å². The van der Waals surface area contributed by atoms with Gasteiger partial charge in [0.25, 0.3) is 0 Å². The maximum Gasteiger partial charge on any atom is 0.241 e. The number of nitrogens with one attached hydrogen (secondary N) is 1. The molecule has 3 N–H and O–H groups in total. The van der Waals surface area contributed by atoms with Crippen molar-refractivity contribution in [1.29, 1.82) is 0 Å². The van der Waals surface area contributed by atoms with Gasteiger partial charge in [-0.1, -0.05) is 0 Å². The Labute approximate surface area is 134 Å². The zero-order chi connectivity index (χ0) is 16.8. The van der Waals surface area contributed by atoms with Crippen molar-refractivity contribution in [1.82, 2.24) is 4.90 Å². The Kier molecular flexibility index (Phi) is 6.06. The van der Waals surface area contributed by atoms with Gasteiger partial charge in [0.15, 0.2) is 0 Å². The number of carbonyl (C=O) groups excluding carboxylic acids is 2. The molecule has 1 heterocycles. The van der Waals surface area contributed by atoms with E-state index in [1.165, 1.54) is 31.4 Å². The summed E-state index contributed by atoms with van der Waals surface area (Å²) in [7, 11) is 1.50. The standard InChI is InChI=1S/C16H22FN3O3/c1-23-10-14(18)16(22)20-8-6-11(7-9-20)15(21)19-13-4-2-12(17)3-5-13/h2-5,11,14H,6-10,18H2,1H3,(H,19,21). The summed E-state index contributed by atoms with van der Waals surface area (Å²) in [5, 5.41) is 2.77. The minimum absolute atomic E-state index is 0.107. The summed E-state index contributed by atoms with van der Waals surface area (Å²) in [6.07, 6.45) is 1.16. The maximum absolute atomic E-state index is 12.8. The predicted molar refractivity (Wildman–Crippen MR) is 84.2 cm³/mol. The third kappa shape index (κ3) is 4.74. The van der Waals surface area contributed by atoms with E-state index >= 15 is 0 Å². The molecule has 23 heavy (non-hydrogen) atoms. The average Bonchev–Trinajstić information content (AvgIpc) is 2.56. The molecule has 0 saturated carbocycles. The maximum atomic E-state index is 12.8. The van der Waals surface area contributed by atoms with Gasteiger partial charge in [-0.05, 0) is 37.1 Å². The molecule has 1 aromatic rings. The largest absolute Gasteiger partial charge is 0.383 e. The zero-order valence-corrected chi connectivity index (χ0v) is 13.1. The first-order chi connectivity index (χ1) is 11.0. The number of nitrogens with zero attached hydrogens (tertiary/aromatic N) is 1. The lowest BCUT2D eigenvalue weighted by Crippen LogP contribution is -2.49. The number of hydrogen-bond acceptors (Lipinski definition) is 4. The third-order valence-corrected chi connectivity index (χ3v) is 3.95. The lowest BCUT2D eigenvalue weighted by atomic mass is 9.95. The van der Waals surface area contributed by atoms with Gasteiger partial charge in [0, 0.05) is 31.8 Å². The van der Waals surface area contributed by atoms with Crippen LogP contribution in [0.5, 0.6) is 0 Å². The summed E-state index contributed by atoms with van der Waals surface area (Å²) in [6, 6.07) is 4.98. The molecule has 2 rings (SSSR count). The number of nitrogens with two attached hydrogens (primary N) is 1. The number of amides is 2. The Balaban J connectivity index is 1.82. The average molecular weight is 323 g/mol. The highest BCUT2D eigenvalue weighted by molar-refractivity contribution is 5.92. The fourth-order valence-corrected chi connectivity index (χ4v) is 2.62. The van der Waals surface area contributed by atoms with Gasteiger partial charge >= 0.3 is 0 Å². The molecule has 0 bridgehead atoms. The Morgan fingerprint density at radius 1 is 1.35 bits per heavy atom. The third-order valence-electron chi connectivity index (χ3n) is 3.95. The second-order valence-corrected chi connectivity index (χ2v) is 5.66. The summed E-state index contributed by atoms with van der Waals surface area (Å²) in [4.78, 5) is 26.0. The van der Waals surface area contributed by atoms with Gasteiger partial charge in [0.1, 0.15) is 11.9 Å². The van der Waals surface area contributed by atoms with E-state index in [2.05, 4.69) is 5.32 Å². The van der Waals surface area contributed by atoms with Crippen LogP contribution in [0, 0.1) is 11.7 Å². The minimum atomic E-state index is -0.662. The normalized spacial score (nSPS) is 16.9. The topological polar surface area (TPSA) is 84.7 Å². The minimum Gasteiger partial charge on any atom is -0.383 e. The molecule has 1 saturated heterocycles. The van der Waals surface area contributed by atoms with Crippen LogP contribution in [0.1, 0.15) is 12.8 Å². The molecule has 1 aliphatic rings. The van der Waals surface area contributed by atoms with Crippen LogP contribution < -0.4 is 11.1 Å². The molecule has 1 unspecified atom stereocenters. The van der Waals surface area contributed by atoms with Crippen LogP contribution in [0.4, 0.5) is 10.1 Å². The Bertz CT molecular complexity index is 542. The molecule has 1 aliphatic heterocycles. The monoisotopic (exact) mass is 323 g/mol. The molecule has 1 fully saturated rings. The number of hydrogen-bond donors (Lipinski definition) is 2. The van der Waals surface area contributed by atoms with Crippen LogP contribution in [0.15, 0.2) is 24.3 Å². The first kappa shape index (κ1) is 17.4. The molecule has 1 atom stereocenters. The second kappa shape index (κ2) is 8.03. The molecule has 0 radical (unpaired) electrons. The van der Waals surface area contributed by atoms with Gasteiger partial charge in [-0.25, -0.2) is 4.39 Å². The second-order valence-electron chi connectivity index (χ2n) is 5.66. The first-order valence-electron chi connectivity index (χ1n) is 7.61. The summed E-state index contributed by atoms with van der Waals surface area (Å²) in [5.74, 6) is -0.765. The summed E-state index contributed by atoms with van der Waals surface area (Å²) >= 11 is 0. The molecule has 126 valence electrons. The highest BCUT2D eigenvalue weighted by Crippen LogP contribution is 2.20. The number of carbonyl (C=O) groups is 2. The smallest absolute Gasteiger partial charge is 0.241 e. The van der Waals surface area contributed by atoms with E-state index in [1.54, 1.807) is 4.90 Å². The van der Waals surface area contributed by atoms with E-state index in [4.69, 9.17) is 10.5 Å². The van der Waals surface area contributed by atoms with E-state index in [-0.39, 0.29) is 30.2 Å². The number of likely N-dealkylation sites (tertiary alicyclic amines) is 1.